The average molecular weight is 241 g/mol. The second-order valence-electron chi connectivity index (χ2n) is 4.39. The standard InChI is InChI=1S/C11H10F3N3/c1-10(4-5-10)17-9-7(6-15)2-3-8(16-9)11(12,13)14/h2-3H,4-5H2,1H3,(H,16,17). The number of nitrogens with one attached hydrogen (secondary N) is 1. The van der Waals surface area contributed by atoms with Gasteiger partial charge in [0.1, 0.15) is 17.6 Å². The molecule has 6 heteroatoms. The number of halogens is 3. The van der Waals surface area contributed by atoms with Gasteiger partial charge < -0.3 is 5.32 Å². The molecule has 0 bridgehead atoms. The molecule has 1 aliphatic rings. The molecule has 1 aromatic rings. The van der Waals surface area contributed by atoms with Crippen LogP contribution in [0.25, 0.3) is 0 Å². The molecule has 0 atom stereocenters. The Labute approximate surface area is 96.3 Å². The minimum absolute atomic E-state index is 0.0160. The second kappa shape index (κ2) is 3.62. The fourth-order valence-electron chi connectivity index (χ4n) is 1.40. The van der Waals surface area contributed by atoms with Crippen molar-refractivity contribution in [3.05, 3.63) is 23.4 Å². The molecule has 1 aliphatic carbocycles. The SMILES string of the molecule is CC1(Nc2nc(C(F)(F)F)ccc2C#N)CC1. The summed E-state index contributed by atoms with van der Waals surface area (Å²) in [7, 11) is 0. The van der Waals surface area contributed by atoms with Gasteiger partial charge in [-0.25, -0.2) is 4.98 Å². The highest BCUT2D eigenvalue weighted by molar-refractivity contribution is 5.54. The monoisotopic (exact) mass is 241 g/mol. The van der Waals surface area contributed by atoms with Crippen LogP contribution in [0.15, 0.2) is 12.1 Å². The molecule has 1 fully saturated rings. The number of pyridine rings is 1. The van der Waals surface area contributed by atoms with E-state index < -0.39 is 11.9 Å². The van der Waals surface area contributed by atoms with Crippen molar-refractivity contribution < 1.29 is 13.2 Å². The van der Waals surface area contributed by atoms with Crippen molar-refractivity contribution in [3.63, 3.8) is 0 Å². The molecular formula is C11H10F3N3. The van der Waals surface area contributed by atoms with Gasteiger partial charge in [0.05, 0.1) is 5.56 Å². The van der Waals surface area contributed by atoms with Gasteiger partial charge in [0.25, 0.3) is 0 Å². The molecule has 17 heavy (non-hydrogen) atoms. The van der Waals surface area contributed by atoms with E-state index in [0.29, 0.717) is 0 Å². The first-order valence-corrected chi connectivity index (χ1v) is 5.11. The summed E-state index contributed by atoms with van der Waals surface area (Å²) in [6.07, 6.45) is -2.75. The van der Waals surface area contributed by atoms with Crippen LogP contribution in [-0.2, 0) is 6.18 Å². The van der Waals surface area contributed by atoms with E-state index in [9.17, 15) is 13.2 Å². The van der Waals surface area contributed by atoms with E-state index in [1.54, 1.807) is 0 Å². The molecule has 1 aromatic heterocycles. The minimum Gasteiger partial charge on any atom is -0.364 e. The lowest BCUT2D eigenvalue weighted by atomic mass is 10.2. The van der Waals surface area contributed by atoms with Gasteiger partial charge in [0, 0.05) is 5.54 Å². The Balaban J connectivity index is 2.37. The Morgan fingerprint density at radius 2 is 2.06 bits per heavy atom. The number of nitriles is 1. The van der Waals surface area contributed by atoms with E-state index in [1.807, 2.05) is 13.0 Å². The maximum absolute atomic E-state index is 12.5. The van der Waals surface area contributed by atoms with Crippen molar-refractivity contribution in [2.75, 3.05) is 5.32 Å². The number of aromatic nitrogens is 1. The van der Waals surface area contributed by atoms with Gasteiger partial charge in [-0.2, -0.15) is 18.4 Å². The van der Waals surface area contributed by atoms with Gasteiger partial charge in [-0.05, 0) is 31.9 Å². The van der Waals surface area contributed by atoms with Crippen molar-refractivity contribution in [1.29, 1.82) is 5.26 Å². The van der Waals surface area contributed by atoms with Crippen LogP contribution >= 0.6 is 0 Å². The fraction of sp³-hybridized carbons (Fsp3) is 0.455. The van der Waals surface area contributed by atoms with Gasteiger partial charge in [0.2, 0.25) is 0 Å². The van der Waals surface area contributed by atoms with Crippen LogP contribution in [0, 0.1) is 11.3 Å². The summed E-state index contributed by atoms with van der Waals surface area (Å²) in [5.41, 5.74) is -1.07. The third-order valence-corrected chi connectivity index (χ3v) is 2.73. The zero-order valence-corrected chi connectivity index (χ0v) is 9.10. The summed E-state index contributed by atoms with van der Waals surface area (Å²) in [6, 6.07) is 3.79. The number of alkyl halides is 3. The number of nitrogens with zero attached hydrogens (tertiary/aromatic N) is 2. The van der Waals surface area contributed by atoms with Gasteiger partial charge >= 0.3 is 6.18 Å². The lowest BCUT2D eigenvalue weighted by molar-refractivity contribution is -0.141. The van der Waals surface area contributed by atoms with Gasteiger partial charge in [0.15, 0.2) is 0 Å². The smallest absolute Gasteiger partial charge is 0.364 e. The van der Waals surface area contributed by atoms with Crippen LogP contribution in [0.3, 0.4) is 0 Å². The molecule has 0 aromatic carbocycles. The van der Waals surface area contributed by atoms with E-state index >= 15 is 0 Å². The average Bonchev–Trinajstić information content (AvgIpc) is 2.94. The van der Waals surface area contributed by atoms with E-state index in [0.717, 1.165) is 25.0 Å². The molecular weight excluding hydrogens is 231 g/mol. The predicted octanol–water partition coefficient (Wildman–Crippen LogP) is 2.94. The third-order valence-electron chi connectivity index (χ3n) is 2.73. The third kappa shape index (κ3) is 2.49. The maximum atomic E-state index is 12.5. The van der Waals surface area contributed by atoms with Crippen LogP contribution in [0.1, 0.15) is 31.0 Å². The summed E-state index contributed by atoms with van der Waals surface area (Å²) in [5, 5.41) is 11.7. The van der Waals surface area contributed by atoms with Crippen molar-refractivity contribution in [2.45, 2.75) is 31.5 Å². The van der Waals surface area contributed by atoms with Crippen LogP contribution < -0.4 is 5.32 Å². The Morgan fingerprint density at radius 3 is 2.53 bits per heavy atom. The summed E-state index contributed by atoms with van der Waals surface area (Å²) >= 11 is 0. The van der Waals surface area contributed by atoms with Crippen molar-refractivity contribution >= 4 is 5.82 Å². The van der Waals surface area contributed by atoms with Crippen molar-refractivity contribution in [1.82, 2.24) is 4.98 Å². The molecule has 2 rings (SSSR count). The Kier molecular flexibility index (Phi) is 2.49. The topological polar surface area (TPSA) is 48.7 Å². The van der Waals surface area contributed by atoms with Gasteiger partial charge in [-0.1, -0.05) is 0 Å². The highest BCUT2D eigenvalue weighted by Crippen LogP contribution is 2.39. The summed E-state index contributed by atoms with van der Waals surface area (Å²) < 4.78 is 37.4. The van der Waals surface area contributed by atoms with Crippen LogP contribution in [0.4, 0.5) is 19.0 Å². The largest absolute Gasteiger partial charge is 0.433 e. The zero-order valence-electron chi connectivity index (χ0n) is 9.10. The van der Waals surface area contributed by atoms with Gasteiger partial charge in [-0.3, -0.25) is 0 Å². The van der Waals surface area contributed by atoms with Crippen molar-refractivity contribution in [3.8, 4) is 6.07 Å². The Morgan fingerprint density at radius 1 is 1.41 bits per heavy atom. The lowest BCUT2D eigenvalue weighted by Crippen LogP contribution is -2.19. The summed E-state index contributed by atoms with van der Waals surface area (Å²) in [5.74, 6) is 0.0160. The van der Waals surface area contributed by atoms with Crippen LogP contribution in [-0.4, -0.2) is 10.5 Å². The molecule has 1 N–H and O–H groups in total. The number of rotatable bonds is 2. The predicted molar refractivity (Wildman–Crippen MR) is 55.2 cm³/mol. The maximum Gasteiger partial charge on any atom is 0.433 e. The first-order valence-electron chi connectivity index (χ1n) is 5.11. The van der Waals surface area contributed by atoms with Crippen LogP contribution in [0.2, 0.25) is 0 Å². The number of anilines is 1. The highest BCUT2D eigenvalue weighted by Gasteiger charge is 2.39. The molecule has 1 heterocycles. The first kappa shape index (κ1) is 11.7. The molecule has 0 radical (unpaired) electrons. The molecule has 0 spiro atoms. The number of hydrogen-bond acceptors (Lipinski definition) is 3. The molecule has 3 nitrogen and oxygen atoms in total. The van der Waals surface area contributed by atoms with Gasteiger partial charge in [-0.15, -0.1) is 0 Å². The molecule has 0 saturated heterocycles. The van der Waals surface area contributed by atoms with E-state index in [2.05, 4.69) is 10.3 Å². The Bertz CT molecular complexity index is 484. The van der Waals surface area contributed by atoms with E-state index in [-0.39, 0.29) is 16.9 Å². The van der Waals surface area contributed by atoms with Crippen molar-refractivity contribution in [2.24, 2.45) is 0 Å². The highest BCUT2D eigenvalue weighted by atomic mass is 19.4. The lowest BCUT2D eigenvalue weighted by Gasteiger charge is -2.15. The fourth-order valence-corrected chi connectivity index (χ4v) is 1.40. The summed E-state index contributed by atoms with van der Waals surface area (Å²) in [4.78, 5) is 3.48. The Hall–Kier alpha value is -1.77. The first-order chi connectivity index (χ1) is 7.84. The molecule has 0 amide bonds. The molecule has 0 aliphatic heterocycles. The normalized spacial score (nSPS) is 17.4. The number of hydrogen-bond donors (Lipinski definition) is 1. The second-order valence-corrected chi connectivity index (χ2v) is 4.39. The minimum atomic E-state index is -4.49. The molecule has 1 saturated carbocycles. The zero-order chi connectivity index (χ0) is 12.7. The van der Waals surface area contributed by atoms with Crippen LogP contribution in [0.5, 0.6) is 0 Å². The quantitative estimate of drug-likeness (QED) is 0.865. The van der Waals surface area contributed by atoms with E-state index in [1.165, 1.54) is 0 Å². The van der Waals surface area contributed by atoms with E-state index in [4.69, 9.17) is 5.26 Å². The summed E-state index contributed by atoms with van der Waals surface area (Å²) in [6.45, 7) is 1.89. The molecule has 0 unspecified atom stereocenters. The molecule has 90 valence electrons.